The molecule has 0 spiro atoms. The average Bonchev–Trinajstić information content (AvgIpc) is 2.58. The van der Waals surface area contributed by atoms with E-state index in [1.807, 2.05) is 81.4 Å². The van der Waals surface area contributed by atoms with Gasteiger partial charge in [-0.05, 0) is 38.0 Å². The van der Waals surface area contributed by atoms with Crippen molar-refractivity contribution in [1.29, 1.82) is 0 Å². The summed E-state index contributed by atoms with van der Waals surface area (Å²) >= 11 is 0. The van der Waals surface area contributed by atoms with E-state index in [4.69, 9.17) is 0 Å². The van der Waals surface area contributed by atoms with Crippen LogP contribution in [0, 0.1) is 0 Å². The molecule has 2 N–H and O–H groups in total. The zero-order valence-corrected chi connectivity index (χ0v) is 14.8. The molecule has 1 atom stereocenters. The molecule has 0 aliphatic heterocycles. The quantitative estimate of drug-likeness (QED) is 0.822. The molecule has 2 rings (SSSR count). The van der Waals surface area contributed by atoms with E-state index in [0.717, 1.165) is 11.1 Å². The van der Waals surface area contributed by atoms with E-state index in [-0.39, 0.29) is 17.4 Å². The number of carbonyl (C=O) groups is 2. The van der Waals surface area contributed by atoms with E-state index in [1.54, 1.807) is 6.08 Å². The van der Waals surface area contributed by atoms with Crippen molar-refractivity contribution in [3.05, 3.63) is 77.9 Å². The molecule has 2 aromatic carbocycles. The number of benzene rings is 2. The maximum Gasteiger partial charge on any atom is 0.247 e. The fourth-order valence-corrected chi connectivity index (χ4v) is 2.31. The van der Waals surface area contributed by atoms with Gasteiger partial charge in [0.25, 0.3) is 0 Å². The molecule has 130 valence electrons. The fraction of sp³-hybridized carbons (Fsp3) is 0.238. The number of hydrogen-bond acceptors (Lipinski definition) is 2. The highest BCUT2D eigenvalue weighted by molar-refractivity contribution is 5.96. The van der Waals surface area contributed by atoms with E-state index in [2.05, 4.69) is 10.6 Å². The molecule has 0 fully saturated rings. The van der Waals surface area contributed by atoms with Crippen molar-refractivity contribution >= 4 is 17.9 Å². The van der Waals surface area contributed by atoms with E-state index >= 15 is 0 Å². The van der Waals surface area contributed by atoms with Gasteiger partial charge in [-0.25, -0.2) is 0 Å². The largest absolute Gasteiger partial charge is 0.349 e. The molecule has 0 bridgehead atoms. The SMILES string of the molecule is CC(C)(C)NC(=O)C(NC(=O)/C=C/c1ccccc1)c1ccccc1. The van der Waals surface area contributed by atoms with Gasteiger partial charge in [0.05, 0.1) is 0 Å². The molecular weight excluding hydrogens is 312 g/mol. The van der Waals surface area contributed by atoms with Crippen LogP contribution in [0.2, 0.25) is 0 Å². The lowest BCUT2D eigenvalue weighted by molar-refractivity contribution is -0.128. The van der Waals surface area contributed by atoms with Gasteiger partial charge in [0.15, 0.2) is 0 Å². The smallest absolute Gasteiger partial charge is 0.247 e. The minimum Gasteiger partial charge on any atom is -0.349 e. The van der Waals surface area contributed by atoms with Crippen LogP contribution in [0.3, 0.4) is 0 Å². The first-order chi connectivity index (χ1) is 11.8. The highest BCUT2D eigenvalue weighted by Gasteiger charge is 2.25. The predicted molar refractivity (Wildman–Crippen MR) is 101 cm³/mol. The van der Waals surface area contributed by atoms with Crippen LogP contribution in [0.15, 0.2) is 66.7 Å². The van der Waals surface area contributed by atoms with E-state index < -0.39 is 6.04 Å². The molecule has 0 heterocycles. The highest BCUT2D eigenvalue weighted by atomic mass is 16.2. The maximum atomic E-state index is 12.6. The number of nitrogens with one attached hydrogen (secondary N) is 2. The first kappa shape index (κ1) is 18.5. The number of hydrogen-bond donors (Lipinski definition) is 2. The number of rotatable bonds is 5. The third kappa shape index (κ3) is 6.26. The number of amides is 2. The fourth-order valence-electron chi connectivity index (χ4n) is 2.31. The second-order valence-electron chi connectivity index (χ2n) is 6.84. The summed E-state index contributed by atoms with van der Waals surface area (Å²) in [5.74, 6) is -0.554. The Kier molecular flexibility index (Phi) is 6.12. The van der Waals surface area contributed by atoms with Gasteiger partial charge in [0, 0.05) is 11.6 Å². The summed E-state index contributed by atoms with van der Waals surface area (Å²) in [7, 11) is 0. The Labute approximate surface area is 149 Å². The van der Waals surface area contributed by atoms with Gasteiger partial charge < -0.3 is 10.6 Å². The number of carbonyl (C=O) groups excluding carboxylic acids is 2. The molecule has 1 unspecified atom stereocenters. The lowest BCUT2D eigenvalue weighted by atomic mass is 10.0. The van der Waals surface area contributed by atoms with Crippen molar-refractivity contribution in [1.82, 2.24) is 10.6 Å². The minimum atomic E-state index is -0.742. The molecule has 0 aromatic heterocycles. The highest BCUT2D eigenvalue weighted by Crippen LogP contribution is 2.15. The van der Waals surface area contributed by atoms with Crippen molar-refractivity contribution in [3.63, 3.8) is 0 Å². The molecule has 0 saturated heterocycles. The topological polar surface area (TPSA) is 58.2 Å². The Morgan fingerprint density at radius 1 is 0.920 bits per heavy atom. The maximum absolute atomic E-state index is 12.6. The van der Waals surface area contributed by atoms with Crippen LogP contribution < -0.4 is 10.6 Å². The van der Waals surface area contributed by atoms with Crippen molar-refractivity contribution < 1.29 is 9.59 Å². The normalized spacial score (nSPS) is 12.6. The third-order valence-corrected chi connectivity index (χ3v) is 3.41. The standard InChI is InChI=1S/C21H24N2O2/c1-21(2,3)23-20(25)19(17-12-8-5-9-13-17)22-18(24)15-14-16-10-6-4-7-11-16/h4-15,19H,1-3H3,(H,22,24)(H,23,25)/b15-14+. The first-order valence-electron chi connectivity index (χ1n) is 8.26. The van der Waals surface area contributed by atoms with Gasteiger partial charge in [0.1, 0.15) is 6.04 Å². The zero-order valence-electron chi connectivity index (χ0n) is 14.8. The molecule has 4 nitrogen and oxygen atoms in total. The Morgan fingerprint density at radius 3 is 2.04 bits per heavy atom. The second-order valence-corrected chi connectivity index (χ2v) is 6.84. The zero-order chi connectivity index (χ0) is 18.3. The van der Waals surface area contributed by atoms with Gasteiger partial charge in [-0.1, -0.05) is 60.7 Å². The summed E-state index contributed by atoms with van der Waals surface area (Å²) in [4.78, 5) is 24.9. The minimum absolute atomic E-state index is 0.236. The van der Waals surface area contributed by atoms with Crippen molar-refractivity contribution in [2.75, 3.05) is 0 Å². The molecule has 2 aromatic rings. The van der Waals surface area contributed by atoms with Crippen LogP contribution in [-0.4, -0.2) is 17.4 Å². The molecule has 4 heteroatoms. The molecular formula is C21H24N2O2. The molecule has 0 aliphatic rings. The van der Waals surface area contributed by atoms with Crippen molar-refractivity contribution in [3.8, 4) is 0 Å². The molecule has 25 heavy (non-hydrogen) atoms. The van der Waals surface area contributed by atoms with Gasteiger partial charge in [-0.2, -0.15) is 0 Å². The van der Waals surface area contributed by atoms with Crippen molar-refractivity contribution in [2.24, 2.45) is 0 Å². The lowest BCUT2D eigenvalue weighted by Gasteiger charge is -2.25. The van der Waals surface area contributed by atoms with Gasteiger partial charge in [-0.3, -0.25) is 9.59 Å². The second kappa shape index (κ2) is 8.29. The van der Waals surface area contributed by atoms with Gasteiger partial charge in [0.2, 0.25) is 11.8 Å². The van der Waals surface area contributed by atoms with Crippen LogP contribution in [-0.2, 0) is 9.59 Å². The molecule has 0 aliphatic carbocycles. The lowest BCUT2D eigenvalue weighted by Crippen LogP contribution is -2.47. The Morgan fingerprint density at radius 2 is 1.48 bits per heavy atom. The van der Waals surface area contributed by atoms with Crippen LogP contribution >= 0.6 is 0 Å². The Balaban J connectivity index is 2.14. The van der Waals surface area contributed by atoms with Crippen LogP contribution in [0.4, 0.5) is 0 Å². The molecule has 0 saturated carbocycles. The average molecular weight is 336 g/mol. The van der Waals surface area contributed by atoms with Crippen LogP contribution in [0.1, 0.15) is 37.9 Å². The van der Waals surface area contributed by atoms with Crippen LogP contribution in [0.25, 0.3) is 6.08 Å². The monoisotopic (exact) mass is 336 g/mol. The summed E-state index contributed by atoms with van der Waals surface area (Å²) in [6, 6.07) is 18.0. The van der Waals surface area contributed by atoms with Crippen molar-refractivity contribution in [2.45, 2.75) is 32.4 Å². The summed E-state index contributed by atoms with van der Waals surface area (Å²) < 4.78 is 0. The predicted octanol–water partition coefficient (Wildman–Crippen LogP) is 3.47. The van der Waals surface area contributed by atoms with E-state index in [0.29, 0.717) is 0 Å². The van der Waals surface area contributed by atoms with E-state index in [9.17, 15) is 9.59 Å². The van der Waals surface area contributed by atoms with E-state index in [1.165, 1.54) is 6.08 Å². The third-order valence-electron chi connectivity index (χ3n) is 3.41. The Bertz CT molecular complexity index is 731. The summed E-state index contributed by atoms with van der Waals surface area (Å²) in [5, 5.41) is 5.71. The van der Waals surface area contributed by atoms with Gasteiger partial charge >= 0.3 is 0 Å². The Hall–Kier alpha value is -2.88. The molecule has 0 radical (unpaired) electrons. The first-order valence-corrected chi connectivity index (χ1v) is 8.26. The summed E-state index contributed by atoms with van der Waals surface area (Å²) in [6.45, 7) is 5.72. The summed E-state index contributed by atoms with van der Waals surface area (Å²) in [6.07, 6.45) is 3.16. The molecule has 2 amide bonds. The summed E-state index contributed by atoms with van der Waals surface area (Å²) in [5.41, 5.74) is 1.29. The van der Waals surface area contributed by atoms with Gasteiger partial charge in [-0.15, -0.1) is 0 Å². The van der Waals surface area contributed by atoms with Crippen LogP contribution in [0.5, 0.6) is 0 Å².